The number of carbonyl (C=O) groups is 1. The summed E-state index contributed by atoms with van der Waals surface area (Å²) >= 11 is 11.8. The van der Waals surface area contributed by atoms with Gasteiger partial charge in [-0.1, -0.05) is 29.3 Å². The summed E-state index contributed by atoms with van der Waals surface area (Å²) in [6, 6.07) is 5.33. The number of hydrogen-bond acceptors (Lipinski definition) is 4. The monoisotopic (exact) mass is 323 g/mol. The van der Waals surface area contributed by atoms with E-state index >= 15 is 0 Å². The van der Waals surface area contributed by atoms with Gasteiger partial charge in [0.1, 0.15) is 5.57 Å². The van der Waals surface area contributed by atoms with Gasteiger partial charge in [-0.3, -0.25) is 0 Å². The molecule has 0 unspecified atom stereocenters. The summed E-state index contributed by atoms with van der Waals surface area (Å²) in [5, 5.41) is 9.90. The molecule has 1 heterocycles. The Morgan fingerprint density at radius 3 is 2.38 bits per heavy atom. The Morgan fingerprint density at radius 2 is 1.86 bits per heavy atom. The topological polar surface area (TPSA) is 89.1 Å². The third kappa shape index (κ3) is 3.71. The average Bonchev–Trinajstić information content (AvgIpc) is 2.45. The SMILES string of the molecule is N/C=C(/C(=O)O)c1ncc(Cc2ccc(Cl)c(Cl)c2)cn1. The zero-order valence-corrected chi connectivity index (χ0v) is 12.3. The number of rotatable bonds is 4. The quantitative estimate of drug-likeness (QED) is 0.844. The molecule has 0 aliphatic rings. The van der Waals surface area contributed by atoms with E-state index in [1.807, 2.05) is 6.07 Å². The van der Waals surface area contributed by atoms with Gasteiger partial charge in [-0.05, 0) is 23.3 Å². The van der Waals surface area contributed by atoms with Crippen LogP contribution in [0.25, 0.3) is 5.57 Å². The van der Waals surface area contributed by atoms with E-state index in [9.17, 15) is 4.79 Å². The molecule has 0 aliphatic carbocycles. The second kappa shape index (κ2) is 6.56. The van der Waals surface area contributed by atoms with Crippen molar-refractivity contribution in [2.45, 2.75) is 6.42 Å². The summed E-state index contributed by atoms with van der Waals surface area (Å²) in [5.74, 6) is -1.10. The molecule has 3 N–H and O–H groups in total. The van der Waals surface area contributed by atoms with Gasteiger partial charge in [0, 0.05) is 25.0 Å². The van der Waals surface area contributed by atoms with Gasteiger partial charge in [-0.25, -0.2) is 14.8 Å². The first-order chi connectivity index (χ1) is 10.0. The second-order valence-electron chi connectivity index (χ2n) is 4.23. The van der Waals surface area contributed by atoms with Crippen molar-refractivity contribution in [3.05, 3.63) is 63.8 Å². The van der Waals surface area contributed by atoms with Crippen molar-refractivity contribution in [3.63, 3.8) is 0 Å². The molecule has 0 spiro atoms. The van der Waals surface area contributed by atoms with E-state index in [1.165, 1.54) is 0 Å². The van der Waals surface area contributed by atoms with Crippen LogP contribution in [-0.4, -0.2) is 21.0 Å². The highest BCUT2D eigenvalue weighted by Crippen LogP contribution is 2.23. The molecule has 2 aromatic rings. The summed E-state index contributed by atoms with van der Waals surface area (Å²) in [4.78, 5) is 18.9. The predicted octanol–water partition coefficient (Wildman–Crippen LogP) is 2.76. The number of carboxylic acid groups (broad SMARTS) is 1. The Hall–Kier alpha value is -2.11. The summed E-state index contributed by atoms with van der Waals surface area (Å²) in [5.41, 5.74) is 6.88. The van der Waals surface area contributed by atoms with Gasteiger partial charge < -0.3 is 10.8 Å². The van der Waals surface area contributed by atoms with Crippen molar-refractivity contribution in [1.29, 1.82) is 0 Å². The molecular weight excluding hydrogens is 313 g/mol. The smallest absolute Gasteiger partial charge is 0.341 e. The second-order valence-corrected chi connectivity index (χ2v) is 5.04. The standard InChI is InChI=1S/C14H11Cl2N3O2/c15-11-2-1-8(4-12(11)16)3-9-6-18-13(19-7-9)10(5-17)14(20)21/h1-2,4-7H,3,17H2,(H,20,21)/b10-5+. The molecule has 7 heteroatoms. The maximum Gasteiger partial charge on any atom is 0.341 e. The zero-order chi connectivity index (χ0) is 15.4. The minimum absolute atomic E-state index is 0.0721. The van der Waals surface area contributed by atoms with Crippen LogP contribution in [0.5, 0.6) is 0 Å². The molecule has 2 rings (SSSR count). The van der Waals surface area contributed by atoms with Crippen molar-refractivity contribution in [2.24, 2.45) is 5.73 Å². The molecule has 0 saturated carbocycles. The lowest BCUT2D eigenvalue weighted by molar-refractivity contribution is -0.130. The Morgan fingerprint density at radius 1 is 1.19 bits per heavy atom. The van der Waals surface area contributed by atoms with E-state index in [1.54, 1.807) is 24.5 Å². The van der Waals surface area contributed by atoms with Crippen molar-refractivity contribution >= 4 is 34.7 Å². The number of nitrogens with two attached hydrogens (primary N) is 1. The molecule has 0 atom stereocenters. The normalized spacial score (nSPS) is 11.4. The maximum absolute atomic E-state index is 10.9. The van der Waals surface area contributed by atoms with Gasteiger partial charge in [-0.15, -0.1) is 0 Å². The largest absolute Gasteiger partial charge is 0.477 e. The lowest BCUT2D eigenvalue weighted by Gasteiger charge is -2.05. The van der Waals surface area contributed by atoms with Crippen LogP contribution in [0.1, 0.15) is 17.0 Å². The molecule has 0 fully saturated rings. The Balaban J connectivity index is 2.19. The Bertz CT molecular complexity index is 700. The predicted molar refractivity (Wildman–Crippen MR) is 81.1 cm³/mol. The van der Waals surface area contributed by atoms with E-state index in [0.29, 0.717) is 16.5 Å². The summed E-state index contributed by atoms with van der Waals surface area (Å²) in [7, 11) is 0. The third-order valence-corrected chi connectivity index (χ3v) is 3.47. The number of nitrogens with zero attached hydrogens (tertiary/aromatic N) is 2. The Labute approximate surface area is 131 Å². The third-order valence-electron chi connectivity index (χ3n) is 2.74. The molecule has 0 aliphatic heterocycles. The van der Waals surface area contributed by atoms with Crippen LogP contribution < -0.4 is 5.73 Å². The van der Waals surface area contributed by atoms with Crippen molar-refractivity contribution < 1.29 is 9.90 Å². The van der Waals surface area contributed by atoms with E-state index in [2.05, 4.69) is 9.97 Å². The van der Waals surface area contributed by atoms with E-state index in [-0.39, 0.29) is 11.4 Å². The van der Waals surface area contributed by atoms with Gasteiger partial charge in [0.05, 0.1) is 10.0 Å². The molecule has 0 amide bonds. The Kier molecular flexibility index (Phi) is 4.77. The first-order valence-electron chi connectivity index (χ1n) is 5.91. The molecule has 5 nitrogen and oxygen atoms in total. The highest BCUT2D eigenvalue weighted by Gasteiger charge is 2.12. The number of benzene rings is 1. The average molecular weight is 324 g/mol. The highest BCUT2D eigenvalue weighted by atomic mass is 35.5. The van der Waals surface area contributed by atoms with Crippen LogP contribution in [-0.2, 0) is 11.2 Å². The lowest BCUT2D eigenvalue weighted by Crippen LogP contribution is -2.06. The van der Waals surface area contributed by atoms with Crippen LogP contribution >= 0.6 is 23.2 Å². The molecule has 0 bridgehead atoms. The van der Waals surface area contributed by atoms with Crippen LogP contribution in [0, 0.1) is 0 Å². The summed E-state index contributed by atoms with van der Waals surface area (Å²) in [6.45, 7) is 0. The van der Waals surface area contributed by atoms with Gasteiger partial charge in [-0.2, -0.15) is 0 Å². The van der Waals surface area contributed by atoms with Crippen molar-refractivity contribution in [2.75, 3.05) is 0 Å². The minimum Gasteiger partial charge on any atom is -0.477 e. The van der Waals surface area contributed by atoms with Crippen LogP contribution in [0.4, 0.5) is 0 Å². The van der Waals surface area contributed by atoms with Crippen molar-refractivity contribution in [1.82, 2.24) is 9.97 Å². The number of aromatic nitrogens is 2. The van der Waals surface area contributed by atoms with Gasteiger partial charge in [0.2, 0.25) is 0 Å². The first-order valence-corrected chi connectivity index (χ1v) is 6.67. The molecule has 1 aromatic heterocycles. The van der Waals surface area contributed by atoms with Gasteiger partial charge >= 0.3 is 5.97 Å². The molecule has 108 valence electrons. The number of aliphatic carboxylic acids is 1. The van der Waals surface area contributed by atoms with E-state index in [0.717, 1.165) is 17.3 Å². The fourth-order valence-electron chi connectivity index (χ4n) is 1.71. The number of halogens is 2. The fourth-order valence-corrected chi connectivity index (χ4v) is 2.03. The van der Waals surface area contributed by atoms with Gasteiger partial charge in [0.15, 0.2) is 5.82 Å². The van der Waals surface area contributed by atoms with Gasteiger partial charge in [0.25, 0.3) is 0 Å². The number of carboxylic acids is 1. The van der Waals surface area contributed by atoms with Crippen LogP contribution in [0.2, 0.25) is 10.0 Å². The van der Waals surface area contributed by atoms with E-state index in [4.69, 9.17) is 34.0 Å². The molecule has 1 aromatic carbocycles. The lowest BCUT2D eigenvalue weighted by atomic mass is 10.1. The number of hydrogen-bond donors (Lipinski definition) is 2. The van der Waals surface area contributed by atoms with E-state index < -0.39 is 5.97 Å². The summed E-state index contributed by atoms with van der Waals surface area (Å²) < 4.78 is 0. The molecule has 21 heavy (non-hydrogen) atoms. The summed E-state index contributed by atoms with van der Waals surface area (Å²) in [6.07, 6.45) is 4.64. The zero-order valence-electron chi connectivity index (χ0n) is 10.8. The minimum atomic E-state index is -1.17. The highest BCUT2D eigenvalue weighted by molar-refractivity contribution is 6.42. The molecule has 0 saturated heterocycles. The van der Waals surface area contributed by atoms with Crippen LogP contribution in [0.3, 0.4) is 0 Å². The fraction of sp³-hybridized carbons (Fsp3) is 0.0714. The first kappa shape index (κ1) is 15.3. The van der Waals surface area contributed by atoms with Crippen molar-refractivity contribution in [3.8, 4) is 0 Å². The molecule has 0 radical (unpaired) electrons. The maximum atomic E-state index is 10.9. The van der Waals surface area contributed by atoms with Crippen LogP contribution in [0.15, 0.2) is 36.8 Å². The molecular formula is C14H11Cl2N3O2.